The van der Waals surface area contributed by atoms with E-state index >= 15 is 0 Å². The van der Waals surface area contributed by atoms with Gasteiger partial charge in [0.05, 0.1) is 12.1 Å². The minimum atomic E-state index is -1.31. The topological polar surface area (TPSA) is 171 Å². The third-order valence-electron chi connectivity index (χ3n) is 4.69. The largest absolute Gasteiger partial charge is 0.480 e. The van der Waals surface area contributed by atoms with Gasteiger partial charge < -0.3 is 31.9 Å². The second kappa shape index (κ2) is 15.1. The fourth-order valence-electron chi connectivity index (χ4n) is 3.01. The standard InChI is InChI=1S/C21H40N4O6S/c1-11(2)9-14(22)18(27)25-17(13(5)26)20(29)24-16(10-12(3)4)19(28)23-15(21(30)31)7-8-32-6/h11-17,26H,7-10,22H2,1-6H3,(H,23,28)(H,24,29)(H,25,27)(H,30,31). The number of nitrogens with one attached hydrogen (secondary N) is 3. The summed E-state index contributed by atoms with van der Waals surface area (Å²) in [5.74, 6) is -2.38. The van der Waals surface area contributed by atoms with E-state index in [2.05, 4.69) is 16.0 Å². The SMILES string of the molecule is CSCCC(NC(=O)C(CC(C)C)NC(=O)C(NC(=O)C(N)CC(C)C)C(C)O)C(=O)O. The van der Waals surface area contributed by atoms with Crippen molar-refractivity contribution in [1.29, 1.82) is 0 Å². The lowest BCUT2D eigenvalue weighted by Crippen LogP contribution is -2.60. The van der Waals surface area contributed by atoms with E-state index < -0.39 is 54.0 Å². The van der Waals surface area contributed by atoms with E-state index in [4.69, 9.17) is 5.73 Å². The fraction of sp³-hybridized carbons (Fsp3) is 0.810. The fourth-order valence-corrected chi connectivity index (χ4v) is 3.48. The van der Waals surface area contributed by atoms with Crippen LogP contribution >= 0.6 is 11.8 Å². The molecule has 0 aliphatic carbocycles. The number of thioether (sulfide) groups is 1. The maximum absolute atomic E-state index is 12.8. The molecule has 0 saturated carbocycles. The van der Waals surface area contributed by atoms with Crippen molar-refractivity contribution in [3.05, 3.63) is 0 Å². The molecule has 0 fully saturated rings. The zero-order valence-corrected chi connectivity index (χ0v) is 20.7. The van der Waals surface area contributed by atoms with Gasteiger partial charge in [-0.25, -0.2) is 4.79 Å². The first kappa shape index (κ1) is 30.1. The highest BCUT2D eigenvalue weighted by molar-refractivity contribution is 7.98. The average Bonchev–Trinajstić information content (AvgIpc) is 2.66. The Balaban J connectivity index is 5.38. The second-order valence-corrected chi connectivity index (χ2v) is 9.82. The molecule has 186 valence electrons. The van der Waals surface area contributed by atoms with Crippen molar-refractivity contribution in [3.63, 3.8) is 0 Å². The van der Waals surface area contributed by atoms with Gasteiger partial charge in [-0.15, -0.1) is 0 Å². The normalized spacial score (nSPS) is 16.1. The monoisotopic (exact) mass is 476 g/mol. The number of hydrogen-bond acceptors (Lipinski definition) is 7. The molecule has 0 aliphatic rings. The molecule has 0 saturated heterocycles. The Morgan fingerprint density at radius 1 is 0.844 bits per heavy atom. The van der Waals surface area contributed by atoms with Crippen molar-refractivity contribution >= 4 is 35.5 Å². The molecular formula is C21H40N4O6S. The number of rotatable bonds is 15. The van der Waals surface area contributed by atoms with Crippen molar-refractivity contribution < 1.29 is 29.4 Å². The predicted molar refractivity (Wildman–Crippen MR) is 125 cm³/mol. The number of nitrogens with two attached hydrogens (primary N) is 1. The van der Waals surface area contributed by atoms with Gasteiger partial charge in [-0.2, -0.15) is 11.8 Å². The Morgan fingerprint density at radius 3 is 1.81 bits per heavy atom. The number of aliphatic hydroxyl groups excluding tert-OH is 1. The van der Waals surface area contributed by atoms with E-state index in [0.29, 0.717) is 12.2 Å². The van der Waals surface area contributed by atoms with Crippen LogP contribution in [-0.2, 0) is 19.2 Å². The molecule has 0 aromatic heterocycles. The van der Waals surface area contributed by atoms with E-state index in [1.54, 1.807) is 0 Å². The number of aliphatic carboxylic acids is 1. The van der Waals surface area contributed by atoms with Crippen LogP contribution in [0, 0.1) is 11.8 Å². The first-order chi connectivity index (χ1) is 14.8. The van der Waals surface area contributed by atoms with Crippen LogP contribution in [0.25, 0.3) is 0 Å². The molecule has 0 aromatic carbocycles. The lowest BCUT2D eigenvalue weighted by molar-refractivity contribution is -0.142. The van der Waals surface area contributed by atoms with Gasteiger partial charge in [-0.1, -0.05) is 27.7 Å². The van der Waals surface area contributed by atoms with Gasteiger partial charge in [-0.3, -0.25) is 14.4 Å². The van der Waals surface area contributed by atoms with Crippen LogP contribution in [0.4, 0.5) is 0 Å². The van der Waals surface area contributed by atoms with Gasteiger partial charge in [-0.05, 0) is 50.0 Å². The van der Waals surface area contributed by atoms with Crippen LogP contribution in [0.5, 0.6) is 0 Å². The molecule has 10 nitrogen and oxygen atoms in total. The van der Waals surface area contributed by atoms with Crippen molar-refractivity contribution in [2.24, 2.45) is 17.6 Å². The molecule has 5 atom stereocenters. The number of hydrogen-bond donors (Lipinski definition) is 6. The number of carboxylic acid groups (broad SMARTS) is 1. The quantitative estimate of drug-likeness (QED) is 0.193. The summed E-state index contributed by atoms with van der Waals surface area (Å²) in [7, 11) is 0. The molecule has 7 N–H and O–H groups in total. The average molecular weight is 477 g/mol. The number of carboxylic acids is 1. The number of amides is 3. The van der Waals surface area contributed by atoms with E-state index in [1.165, 1.54) is 18.7 Å². The van der Waals surface area contributed by atoms with E-state index in [9.17, 15) is 29.4 Å². The first-order valence-electron chi connectivity index (χ1n) is 10.9. The molecule has 3 amide bonds. The smallest absolute Gasteiger partial charge is 0.326 e. The minimum Gasteiger partial charge on any atom is -0.480 e. The van der Waals surface area contributed by atoms with Gasteiger partial charge in [0, 0.05) is 0 Å². The summed E-state index contributed by atoms with van der Waals surface area (Å²) in [6.45, 7) is 8.87. The molecular weight excluding hydrogens is 436 g/mol. The zero-order chi connectivity index (χ0) is 25.0. The summed E-state index contributed by atoms with van der Waals surface area (Å²) < 4.78 is 0. The third-order valence-corrected chi connectivity index (χ3v) is 5.33. The lowest BCUT2D eigenvalue weighted by Gasteiger charge is -2.27. The molecule has 11 heteroatoms. The Kier molecular flexibility index (Phi) is 14.2. The Labute approximate surface area is 194 Å². The molecule has 32 heavy (non-hydrogen) atoms. The van der Waals surface area contributed by atoms with Crippen LogP contribution in [0.15, 0.2) is 0 Å². The summed E-state index contributed by atoms with van der Waals surface area (Å²) >= 11 is 1.46. The van der Waals surface area contributed by atoms with Crippen LogP contribution in [0.1, 0.15) is 53.9 Å². The van der Waals surface area contributed by atoms with Gasteiger partial charge in [0.25, 0.3) is 0 Å². The summed E-state index contributed by atoms with van der Waals surface area (Å²) in [6.07, 6.45) is 1.50. The van der Waals surface area contributed by atoms with E-state index in [0.717, 1.165) is 0 Å². The van der Waals surface area contributed by atoms with Gasteiger partial charge >= 0.3 is 5.97 Å². The van der Waals surface area contributed by atoms with E-state index in [1.807, 2.05) is 34.0 Å². The number of carbonyl (C=O) groups excluding carboxylic acids is 3. The van der Waals surface area contributed by atoms with Crippen molar-refractivity contribution in [2.75, 3.05) is 12.0 Å². The van der Waals surface area contributed by atoms with Crippen LogP contribution in [0.2, 0.25) is 0 Å². The summed E-state index contributed by atoms with van der Waals surface area (Å²) in [4.78, 5) is 49.4. The van der Waals surface area contributed by atoms with Crippen molar-refractivity contribution in [2.45, 2.75) is 84.2 Å². The third kappa shape index (κ3) is 11.7. The highest BCUT2D eigenvalue weighted by Gasteiger charge is 2.32. The Bertz CT molecular complexity index is 629. The first-order valence-corrected chi connectivity index (χ1v) is 12.3. The number of aliphatic hydroxyl groups is 1. The molecule has 0 bridgehead atoms. The molecule has 0 aliphatic heterocycles. The highest BCUT2D eigenvalue weighted by atomic mass is 32.2. The van der Waals surface area contributed by atoms with Crippen LogP contribution in [-0.4, -0.2) is 76.2 Å². The molecule has 0 radical (unpaired) electrons. The van der Waals surface area contributed by atoms with Crippen molar-refractivity contribution in [1.82, 2.24) is 16.0 Å². The highest BCUT2D eigenvalue weighted by Crippen LogP contribution is 2.09. The zero-order valence-electron chi connectivity index (χ0n) is 19.9. The predicted octanol–water partition coefficient (Wildman–Crippen LogP) is 0.0788. The van der Waals surface area contributed by atoms with Gasteiger partial charge in [0.15, 0.2) is 0 Å². The second-order valence-electron chi connectivity index (χ2n) is 8.83. The molecule has 0 heterocycles. The van der Waals surface area contributed by atoms with Crippen molar-refractivity contribution in [3.8, 4) is 0 Å². The Hall–Kier alpha value is -1.85. The van der Waals surface area contributed by atoms with Gasteiger partial charge in [0.1, 0.15) is 18.1 Å². The summed E-state index contributed by atoms with van der Waals surface area (Å²) in [5.41, 5.74) is 5.86. The maximum atomic E-state index is 12.8. The number of carbonyl (C=O) groups is 4. The van der Waals surface area contributed by atoms with Crippen LogP contribution in [0.3, 0.4) is 0 Å². The molecule has 0 aromatic rings. The van der Waals surface area contributed by atoms with Crippen LogP contribution < -0.4 is 21.7 Å². The lowest BCUT2D eigenvalue weighted by atomic mass is 10.0. The van der Waals surface area contributed by atoms with Gasteiger partial charge in [0.2, 0.25) is 17.7 Å². The minimum absolute atomic E-state index is 0.0135. The summed E-state index contributed by atoms with van der Waals surface area (Å²) in [6, 6.07) is -4.26. The maximum Gasteiger partial charge on any atom is 0.326 e. The molecule has 5 unspecified atom stereocenters. The summed E-state index contributed by atoms with van der Waals surface area (Å²) in [5, 5.41) is 26.9. The van der Waals surface area contributed by atoms with E-state index in [-0.39, 0.29) is 24.7 Å². The molecule has 0 spiro atoms. The Morgan fingerprint density at radius 2 is 1.38 bits per heavy atom. The molecule has 0 rings (SSSR count).